The molecule has 0 aromatic heterocycles. The predicted octanol–water partition coefficient (Wildman–Crippen LogP) is -0.745. The van der Waals surface area contributed by atoms with E-state index in [-0.39, 0.29) is 18.2 Å². The molecule has 5 heteroatoms. The molecular formula is C10H24N3O2+. The molecule has 0 radical (unpaired) electrons. The molecule has 15 heavy (non-hydrogen) atoms. The molecule has 0 saturated carbocycles. The summed E-state index contributed by atoms with van der Waals surface area (Å²) in [6.45, 7) is 3.64. The highest BCUT2D eigenvalue weighted by Crippen LogP contribution is 2.18. The number of carbonyl (C=O) groups is 1. The van der Waals surface area contributed by atoms with Gasteiger partial charge in [0, 0.05) is 13.3 Å². The van der Waals surface area contributed by atoms with Crippen LogP contribution in [0.1, 0.15) is 20.3 Å². The van der Waals surface area contributed by atoms with E-state index in [1.165, 1.54) is 0 Å². The van der Waals surface area contributed by atoms with E-state index in [0.29, 0.717) is 4.48 Å². The fraction of sp³-hybridized carbons (Fsp3) is 0.900. The Bertz CT molecular complexity index is 225. The highest BCUT2D eigenvalue weighted by Gasteiger charge is 2.38. The molecule has 1 unspecified atom stereocenters. The van der Waals surface area contributed by atoms with Crippen molar-refractivity contribution >= 4 is 5.91 Å². The quantitative estimate of drug-likeness (QED) is 0.420. The molecule has 90 valence electrons. The van der Waals surface area contributed by atoms with Crippen molar-refractivity contribution in [1.29, 1.82) is 0 Å². The van der Waals surface area contributed by atoms with E-state index in [9.17, 15) is 4.79 Å². The summed E-state index contributed by atoms with van der Waals surface area (Å²) in [7, 11) is 6.02. The van der Waals surface area contributed by atoms with Gasteiger partial charge in [-0.1, -0.05) is 6.92 Å². The molecule has 0 aliphatic carbocycles. The first-order chi connectivity index (χ1) is 6.68. The van der Waals surface area contributed by atoms with Crippen LogP contribution in [0.4, 0.5) is 0 Å². The number of carbonyl (C=O) groups excluding carboxylic acids is 1. The Hall–Kier alpha value is -0.650. The average Bonchev–Trinajstić information content (AvgIpc) is 2.14. The van der Waals surface area contributed by atoms with Crippen LogP contribution in [0.3, 0.4) is 0 Å². The second-order valence-corrected chi connectivity index (χ2v) is 4.92. The van der Waals surface area contributed by atoms with Crippen LogP contribution in [0.15, 0.2) is 0 Å². The van der Waals surface area contributed by atoms with Crippen LogP contribution >= 0.6 is 0 Å². The third kappa shape index (κ3) is 3.44. The lowest BCUT2D eigenvalue weighted by Crippen LogP contribution is -2.66. The Morgan fingerprint density at radius 3 is 2.27 bits per heavy atom. The van der Waals surface area contributed by atoms with E-state index >= 15 is 0 Å². The zero-order valence-electron chi connectivity index (χ0n) is 10.4. The van der Waals surface area contributed by atoms with Crippen LogP contribution in [0, 0.1) is 0 Å². The van der Waals surface area contributed by atoms with Crippen molar-refractivity contribution in [2.24, 2.45) is 5.73 Å². The van der Waals surface area contributed by atoms with E-state index in [4.69, 9.17) is 10.8 Å². The molecule has 5 nitrogen and oxygen atoms in total. The molecule has 0 aromatic rings. The Morgan fingerprint density at radius 2 is 2.00 bits per heavy atom. The highest BCUT2D eigenvalue weighted by atomic mass is 16.3. The van der Waals surface area contributed by atoms with Gasteiger partial charge in [0.1, 0.15) is 6.04 Å². The Balaban J connectivity index is 4.66. The van der Waals surface area contributed by atoms with Crippen molar-refractivity contribution in [2.75, 3.05) is 27.7 Å². The standard InChI is InChI=1S/C10H23N3O2/c1-6-10(2,13(3,4)5)12-9(15)8(11)7-14/h8,14H,6-7,11H2,1-5H3/p+1/t8-,10?/m0/s1. The van der Waals surface area contributed by atoms with Crippen molar-refractivity contribution in [1.82, 2.24) is 5.32 Å². The number of amides is 1. The minimum atomic E-state index is -0.845. The van der Waals surface area contributed by atoms with Crippen LogP contribution in [0.25, 0.3) is 0 Å². The second-order valence-electron chi connectivity index (χ2n) is 4.92. The number of nitrogens with two attached hydrogens (primary N) is 1. The summed E-state index contributed by atoms with van der Waals surface area (Å²) in [5.41, 5.74) is 5.08. The molecule has 0 heterocycles. The van der Waals surface area contributed by atoms with Crippen molar-refractivity contribution < 1.29 is 14.4 Å². The summed E-state index contributed by atoms with van der Waals surface area (Å²) in [5, 5.41) is 11.7. The predicted molar refractivity (Wildman–Crippen MR) is 59.9 cm³/mol. The number of hydrogen-bond acceptors (Lipinski definition) is 3. The number of rotatable bonds is 5. The zero-order chi connectivity index (χ0) is 12.3. The maximum absolute atomic E-state index is 11.6. The lowest BCUT2D eigenvalue weighted by Gasteiger charge is -2.44. The minimum absolute atomic E-state index is 0.310. The van der Waals surface area contributed by atoms with Gasteiger partial charge in [-0.05, 0) is 0 Å². The molecule has 0 aromatic carbocycles. The van der Waals surface area contributed by atoms with Gasteiger partial charge >= 0.3 is 0 Å². The lowest BCUT2D eigenvalue weighted by atomic mass is 10.1. The Kier molecular flexibility index (Phi) is 4.70. The van der Waals surface area contributed by atoms with Gasteiger partial charge < -0.3 is 20.6 Å². The van der Waals surface area contributed by atoms with E-state index in [1.54, 1.807) is 0 Å². The second kappa shape index (κ2) is 4.92. The van der Waals surface area contributed by atoms with Crippen LogP contribution < -0.4 is 11.1 Å². The molecule has 2 atom stereocenters. The van der Waals surface area contributed by atoms with Crippen LogP contribution in [0.5, 0.6) is 0 Å². The number of quaternary nitrogens is 1. The van der Waals surface area contributed by atoms with Crippen molar-refractivity contribution in [3.8, 4) is 0 Å². The molecule has 1 amide bonds. The van der Waals surface area contributed by atoms with Crippen LogP contribution in [0.2, 0.25) is 0 Å². The molecule has 0 aliphatic heterocycles. The maximum atomic E-state index is 11.6. The molecule has 0 spiro atoms. The number of hydrogen-bond donors (Lipinski definition) is 3. The van der Waals surface area contributed by atoms with E-state index in [1.807, 2.05) is 35.0 Å². The molecule has 0 rings (SSSR count). The molecule has 0 aliphatic rings. The van der Waals surface area contributed by atoms with Gasteiger partial charge in [0.25, 0.3) is 0 Å². The van der Waals surface area contributed by atoms with Gasteiger partial charge in [-0.3, -0.25) is 4.79 Å². The molecule has 0 fully saturated rings. The molecular weight excluding hydrogens is 194 g/mol. The monoisotopic (exact) mass is 218 g/mol. The largest absolute Gasteiger partial charge is 0.394 e. The molecule has 0 bridgehead atoms. The van der Waals surface area contributed by atoms with Gasteiger partial charge in [0.2, 0.25) is 5.91 Å². The summed E-state index contributed by atoms with van der Waals surface area (Å²) in [6, 6.07) is -0.845. The third-order valence-corrected chi connectivity index (χ3v) is 3.09. The SMILES string of the molecule is CCC(C)(NC(=O)[C@@H](N)CO)[N+](C)(C)C. The van der Waals surface area contributed by atoms with Crippen molar-refractivity contribution in [3.63, 3.8) is 0 Å². The van der Waals surface area contributed by atoms with E-state index in [0.717, 1.165) is 6.42 Å². The first kappa shape index (κ1) is 14.3. The lowest BCUT2D eigenvalue weighted by molar-refractivity contribution is -0.924. The third-order valence-electron chi connectivity index (χ3n) is 3.09. The average molecular weight is 218 g/mol. The number of nitrogens with zero attached hydrogens (tertiary/aromatic N) is 1. The summed E-state index contributed by atoms with van der Waals surface area (Å²) in [5.74, 6) is -0.310. The highest BCUT2D eigenvalue weighted by molar-refractivity contribution is 5.82. The summed E-state index contributed by atoms with van der Waals surface area (Å²) in [6.07, 6.45) is 0.792. The number of aliphatic hydroxyl groups is 1. The van der Waals surface area contributed by atoms with Gasteiger partial charge in [0.05, 0.1) is 27.7 Å². The van der Waals surface area contributed by atoms with Gasteiger partial charge in [-0.25, -0.2) is 0 Å². The van der Waals surface area contributed by atoms with Gasteiger partial charge in [-0.2, -0.15) is 0 Å². The van der Waals surface area contributed by atoms with Gasteiger partial charge in [0.15, 0.2) is 5.66 Å². The smallest absolute Gasteiger partial charge is 0.243 e. The zero-order valence-corrected chi connectivity index (χ0v) is 10.4. The van der Waals surface area contributed by atoms with Crippen LogP contribution in [-0.4, -0.2) is 55.0 Å². The number of nitrogens with one attached hydrogen (secondary N) is 1. The van der Waals surface area contributed by atoms with Gasteiger partial charge in [-0.15, -0.1) is 0 Å². The molecule has 4 N–H and O–H groups in total. The topological polar surface area (TPSA) is 75.4 Å². The van der Waals surface area contributed by atoms with E-state index < -0.39 is 6.04 Å². The fourth-order valence-corrected chi connectivity index (χ4v) is 1.17. The van der Waals surface area contributed by atoms with Crippen molar-refractivity contribution in [3.05, 3.63) is 0 Å². The maximum Gasteiger partial charge on any atom is 0.243 e. The minimum Gasteiger partial charge on any atom is -0.394 e. The van der Waals surface area contributed by atoms with Crippen LogP contribution in [-0.2, 0) is 4.79 Å². The fourth-order valence-electron chi connectivity index (χ4n) is 1.17. The Morgan fingerprint density at radius 1 is 1.53 bits per heavy atom. The van der Waals surface area contributed by atoms with E-state index in [2.05, 4.69) is 5.32 Å². The van der Waals surface area contributed by atoms with Crippen molar-refractivity contribution in [2.45, 2.75) is 32.0 Å². The Labute approximate surface area is 91.8 Å². The normalized spacial score (nSPS) is 18.1. The first-order valence-corrected chi connectivity index (χ1v) is 5.18. The summed E-state index contributed by atoms with van der Waals surface area (Å²) < 4.78 is 0.605. The molecule has 0 saturated heterocycles. The first-order valence-electron chi connectivity index (χ1n) is 5.18. The summed E-state index contributed by atoms with van der Waals surface area (Å²) >= 11 is 0. The number of aliphatic hydroxyl groups excluding tert-OH is 1. The summed E-state index contributed by atoms with van der Waals surface area (Å²) in [4.78, 5) is 11.6.